The average molecular weight is 524 g/mol. The van der Waals surface area contributed by atoms with Gasteiger partial charge in [0.25, 0.3) is 0 Å². The first-order chi connectivity index (χ1) is 16.7. The highest BCUT2D eigenvalue weighted by molar-refractivity contribution is 9.10. The highest BCUT2D eigenvalue weighted by atomic mass is 79.9. The molecule has 0 bridgehead atoms. The fourth-order valence-corrected chi connectivity index (χ4v) is 7.07. The molecule has 2 saturated carbocycles. The summed E-state index contributed by atoms with van der Waals surface area (Å²) in [6, 6.07) is 7.10. The zero-order valence-corrected chi connectivity index (χ0v) is 21.5. The van der Waals surface area contributed by atoms with Crippen LogP contribution in [0.5, 0.6) is 0 Å². The van der Waals surface area contributed by atoms with Crippen LogP contribution in [0.2, 0.25) is 0 Å². The van der Waals surface area contributed by atoms with Crippen molar-refractivity contribution in [1.29, 1.82) is 0 Å². The molecule has 3 aromatic heterocycles. The Morgan fingerprint density at radius 1 is 1.00 bits per heavy atom. The van der Waals surface area contributed by atoms with E-state index in [1.54, 1.807) is 0 Å². The first-order valence-corrected chi connectivity index (χ1v) is 13.9. The van der Waals surface area contributed by atoms with Gasteiger partial charge < -0.3 is 10.2 Å². The van der Waals surface area contributed by atoms with Crippen molar-refractivity contribution in [3.05, 3.63) is 52.5 Å². The van der Waals surface area contributed by atoms with Crippen LogP contribution in [0.25, 0.3) is 5.65 Å². The van der Waals surface area contributed by atoms with E-state index in [0.29, 0.717) is 12.5 Å². The smallest absolute Gasteiger partial charge is 0.171 e. The molecule has 0 aromatic carbocycles. The van der Waals surface area contributed by atoms with Crippen LogP contribution in [0.15, 0.2) is 41.3 Å². The summed E-state index contributed by atoms with van der Waals surface area (Å²) in [6.07, 6.45) is 18.2. The summed E-state index contributed by atoms with van der Waals surface area (Å²) < 4.78 is 2.85. The Hall–Kier alpha value is -1.99. The molecule has 6 nitrogen and oxygen atoms in total. The number of hydrogen-bond donors (Lipinski definition) is 1. The van der Waals surface area contributed by atoms with Gasteiger partial charge in [-0.05, 0) is 84.6 Å². The Bertz CT molecular complexity index is 1110. The van der Waals surface area contributed by atoms with Crippen LogP contribution in [0.4, 0.5) is 5.82 Å². The molecule has 0 radical (unpaired) electrons. The summed E-state index contributed by atoms with van der Waals surface area (Å²) in [6.45, 7) is 3.13. The van der Waals surface area contributed by atoms with Crippen molar-refractivity contribution < 1.29 is 0 Å². The van der Waals surface area contributed by atoms with Gasteiger partial charge in [-0.15, -0.1) is 0 Å². The molecular weight excluding hydrogens is 488 g/mol. The van der Waals surface area contributed by atoms with E-state index in [0.717, 1.165) is 39.4 Å². The summed E-state index contributed by atoms with van der Waals surface area (Å²) in [5.41, 5.74) is 3.24. The van der Waals surface area contributed by atoms with Gasteiger partial charge in [-0.1, -0.05) is 31.7 Å². The molecule has 1 aliphatic heterocycles. The molecule has 2 aliphatic carbocycles. The van der Waals surface area contributed by atoms with Gasteiger partial charge in [0.15, 0.2) is 5.65 Å². The number of pyridine rings is 1. The topological polar surface area (TPSA) is 58.4 Å². The van der Waals surface area contributed by atoms with Gasteiger partial charge in [-0.3, -0.25) is 4.98 Å². The van der Waals surface area contributed by atoms with Crippen molar-refractivity contribution in [2.75, 3.05) is 18.4 Å². The third-order valence-corrected chi connectivity index (χ3v) is 9.18. The summed E-state index contributed by atoms with van der Waals surface area (Å²) in [5.74, 6) is 3.53. The lowest BCUT2D eigenvalue weighted by atomic mass is 9.69. The molecule has 6 rings (SSSR count). The second kappa shape index (κ2) is 9.94. The number of anilines is 1. The van der Waals surface area contributed by atoms with E-state index in [1.807, 2.05) is 29.2 Å². The maximum Gasteiger partial charge on any atom is 0.171 e. The number of aromatic nitrogens is 4. The molecule has 0 amide bonds. The molecule has 1 N–H and O–H groups in total. The molecule has 3 fully saturated rings. The van der Waals surface area contributed by atoms with Crippen LogP contribution >= 0.6 is 15.9 Å². The third-order valence-electron chi connectivity index (χ3n) is 8.62. The highest BCUT2D eigenvalue weighted by Crippen LogP contribution is 2.43. The van der Waals surface area contributed by atoms with Crippen LogP contribution in [-0.4, -0.2) is 43.6 Å². The van der Waals surface area contributed by atoms with Gasteiger partial charge in [-0.2, -0.15) is 9.61 Å². The molecule has 1 saturated heterocycles. The molecule has 34 heavy (non-hydrogen) atoms. The number of halogens is 1. The summed E-state index contributed by atoms with van der Waals surface area (Å²) in [7, 11) is 0. The standard InChI is InChI=1S/C27H35BrN6/c28-24-18-31-34-26(30-17-19-4-3-11-29-16-19)15-25(32-27(24)34)21-9-12-33(13-10-21)23-8-7-20-5-1-2-6-22(20)14-23/h3-4,11,15-16,18,20-23,30H,1-2,5-10,12-14,17H2. The van der Waals surface area contributed by atoms with Gasteiger partial charge >= 0.3 is 0 Å². The molecule has 3 unspecified atom stereocenters. The van der Waals surface area contributed by atoms with Crippen LogP contribution in [-0.2, 0) is 6.54 Å². The second-order valence-electron chi connectivity index (χ2n) is 10.6. The SMILES string of the molecule is Brc1cnn2c(NCc3cccnc3)cc(C3CCN(C4CCC5CCCCC5C4)CC3)nc12. The molecule has 0 spiro atoms. The zero-order valence-electron chi connectivity index (χ0n) is 19.9. The minimum atomic E-state index is 0.507. The van der Waals surface area contributed by atoms with E-state index in [2.05, 4.69) is 48.4 Å². The molecule has 7 heteroatoms. The predicted octanol–water partition coefficient (Wildman–Crippen LogP) is 6.04. The maximum atomic E-state index is 5.05. The average Bonchev–Trinajstić information content (AvgIpc) is 3.28. The minimum absolute atomic E-state index is 0.507. The Balaban J connectivity index is 1.14. The first kappa shape index (κ1) is 22.5. The van der Waals surface area contributed by atoms with E-state index in [1.165, 1.54) is 76.6 Å². The van der Waals surface area contributed by atoms with E-state index in [-0.39, 0.29) is 0 Å². The van der Waals surface area contributed by atoms with Gasteiger partial charge in [0.2, 0.25) is 0 Å². The molecular formula is C27H35BrN6. The number of fused-ring (bicyclic) bond motifs is 2. The third kappa shape index (κ3) is 4.61. The number of nitrogens with zero attached hydrogens (tertiary/aromatic N) is 5. The van der Waals surface area contributed by atoms with Crippen LogP contribution in [0, 0.1) is 11.8 Å². The van der Waals surface area contributed by atoms with Crippen molar-refractivity contribution in [2.24, 2.45) is 11.8 Å². The maximum absolute atomic E-state index is 5.05. The molecule has 3 aliphatic rings. The van der Waals surface area contributed by atoms with Gasteiger partial charge in [-0.25, -0.2) is 4.98 Å². The van der Waals surface area contributed by atoms with Crippen molar-refractivity contribution in [2.45, 2.75) is 76.3 Å². The number of hydrogen-bond acceptors (Lipinski definition) is 5. The Morgan fingerprint density at radius 3 is 2.68 bits per heavy atom. The summed E-state index contributed by atoms with van der Waals surface area (Å²) >= 11 is 3.65. The van der Waals surface area contributed by atoms with Crippen molar-refractivity contribution in [1.82, 2.24) is 24.5 Å². The number of likely N-dealkylation sites (tertiary alicyclic amines) is 1. The van der Waals surface area contributed by atoms with Crippen molar-refractivity contribution in [3.63, 3.8) is 0 Å². The van der Waals surface area contributed by atoms with E-state index in [4.69, 9.17) is 4.98 Å². The Labute approximate surface area is 210 Å². The monoisotopic (exact) mass is 522 g/mol. The molecule has 180 valence electrons. The van der Waals surface area contributed by atoms with Gasteiger partial charge in [0.05, 0.1) is 10.7 Å². The van der Waals surface area contributed by atoms with Crippen molar-refractivity contribution in [3.8, 4) is 0 Å². The van der Waals surface area contributed by atoms with Crippen LogP contribution in [0.3, 0.4) is 0 Å². The predicted molar refractivity (Wildman–Crippen MR) is 139 cm³/mol. The largest absolute Gasteiger partial charge is 0.366 e. The summed E-state index contributed by atoms with van der Waals surface area (Å²) in [5, 5.41) is 8.12. The molecule has 3 atom stereocenters. The van der Waals surface area contributed by atoms with E-state index < -0.39 is 0 Å². The Morgan fingerprint density at radius 2 is 1.85 bits per heavy atom. The van der Waals surface area contributed by atoms with Gasteiger partial charge in [0.1, 0.15) is 5.82 Å². The lowest BCUT2D eigenvalue weighted by molar-refractivity contribution is 0.0587. The summed E-state index contributed by atoms with van der Waals surface area (Å²) in [4.78, 5) is 12.1. The number of rotatable bonds is 5. The lowest BCUT2D eigenvalue weighted by Crippen LogP contribution is -2.45. The highest BCUT2D eigenvalue weighted by Gasteiger charge is 2.36. The molecule has 4 heterocycles. The fraction of sp³-hybridized carbons (Fsp3) is 0.593. The fourth-order valence-electron chi connectivity index (χ4n) is 6.73. The van der Waals surface area contributed by atoms with E-state index >= 15 is 0 Å². The van der Waals surface area contributed by atoms with Gasteiger partial charge in [0, 0.05) is 42.7 Å². The Kier molecular flexibility index (Phi) is 6.57. The van der Waals surface area contributed by atoms with Crippen LogP contribution in [0.1, 0.15) is 75.0 Å². The number of piperidine rings is 1. The zero-order chi connectivity index (χ0) is 22.9. The normalized spacial score (nSPS) is 26.4. The number of nitrogens with one attached hydrogen (secondary N) is 1. The molecule has 3 aromatic rings. The van der Waals surface area contributed by atoms with Crippen molar-refractivity contribution >= 4 is 27.4 Å². The first-order valence-electron chi connectivity index (χ1n) is 13.2. The second-order valence-corrected chi connectivity index (χ2v) is 11.4. The lowest BCUT2D eigenvalue weighted by Gasteiger charge is -2.45. The van der Waals surface area contributed by atoms with E-state index in [9.17, 15) is 0 Å². The quantitative estimate of drug-likeness (QED) is 0.442. The van der Waals surface area contributed by atoms with Crippen LogP contribution < -0.4 is 5.32 Å². The minimum Gasteiger partial charge on any atom is -0.366 e.